The van der Waals surface area contributed by atoms with E-state index in [2.05, 4.69) is 19.2 Å². The van der Waals surface area contributed by atoms with Gasteiger partial charge in [0.25, 0.3) is 0 Å². The van der Waals surface area contributed by atoms with Crippen molar-refractivity contribution in [1.82, 2.24) is 0 Å². The number of aryl methyl sites for hydroxylation is 2. The summed E-state index contributed by atoms with van der Waals surface area (Å²) >= 11 is 0. The molecule has 1 N–H and O–H groups in total. The Morgan fingerprint density at radius 3 is 2.24 bits per heavy atom. The molecule has 1 aliphatic heterocycles. The predicted octanol–water partition coefficient (Wildman–Crippen LogP) is 3.59. The fraction of sp³-hybridized carbons (Fsp3) is 0.348. The predicted molar refractivity (Wildman–Crippen MR) is 112 cm³/mol. The zero-order valence-corrected chi connectivity index (χ0v) is 17.0. The van der Waals surface area contributed by atoms with Crippen molar-refractivity contribution in [1.29, 1.82) is 0 Å². The van der Waals surface area contributed by atoms with Crippen molar-refractivity contribution in [2.45, 2.75) is 33.1 Å². The van der Waals surface area contributed by atoms with Crippen LogP contribution >= 0.6 is 0 Å². The van der Waals surface area contributed by atoms with Crippen molar-refractivity contribution in [3.05, 3.63) is 59.2 Å². The highest BCUT2D eigenvalue weighted by atomic mass is 16.5. The normalized spacial score (nSPS) is 16.0. The van der Waals surface area contributed by atoms with E-state index in [9.17, 15) is 14.4 Å². The summed E-state index contributed by atoms with van der Waals surface area (Å²) in [6, 6.07) is 12.7. The molecule has 0 bridgehead atoms. The van der Waals surface area contributed by atoms with Gasteiger partial charge in [-0.2, -0.15) is 0 Å². The number of amides is 2. The van der Waals surface area contributed by atoms with Crippen LogP contribution in [0.3, 0.4) is 0 Å². The number of para-hydroxylation sites is 1. The van der Waals surface area contributed by atoms with Gasteiger partial charge in [0.05, 0.1) is 18.6 Å². The number of esters is 1. The monoisotopic (exact) mass is 394 g/mol. The Bertz CT molecular complexity index is 899. The number of carbonyl (C=O) groups excluding carboxylic acids is 3. The summed E-state index contributed by atoms with van der Waals surface area (Å²) in [4.78, 5) is 38.6. The minimum absolute atomic E-state index is 0.101. The number of anilines is 2. The van der Waals surface area contributed by atoms with Crippen molar-refractivity contribution in [2.75, 3.05) is 23.9 Å². The lowest BCUT2D eigenvalue weighted by atomic mass is 10.0. The lowest BCUT2D eigenvalue weighted by Crippen LogP contribution is -2.28. The van der Waals surface area contributed by atoms with Gasteiger partial charge in [-0.3, -0.25) is 9.59 Å². The third kappa shape index (κ3) is 4.31. The van der Waals surface area contributed by atoms with Crippen LogP contribution in [0.2, 0.25) is 0 Å². The lowest BCUT2D eigenvalue weighted by Gasteiger charge is -2.18. The van der Waals surface area contributed by atoms with Crippen LogP contribution in [0.4, 0.5) is 11.4 Å². The molecule has 152 valence electrons. The summed E-state index contributed by atoms with van der Waals surface area (Å²) in [7, 11) is 1.32. The molecule has 0 spiro atoms. The average molecular weight is 394 g/mol. The van der Waals surface area contributed by atoms with E-state index in [1.54, 1.807) is 29.2 Å². The number of methoxy groups -OCH3 is 1. The number of ether oxygens (including phenoxy) is 1. The van der Waals surface area contributed by atoms with Crippen LogP contribution in [0.1, 0.15) is 41.8 Å². The van der Waals surface area contributed by atoms with E-state index >= 15 is 0 Å². The van der Waals surface area contributed by atoms with E-state index in [1.165, 1.54) is 7.11 Å². The number of carbonyl (C=O) groups is 3. The standard InChI is InChI=1S/C23H26N2O4/c1-4-15-7-6-8-16(5-2)21(15)24-22(27)18-13-20(26)25(14-18)19-11-9-17(10-12-19)23(28)29-3/h6-12,18H,4-5,13-14H2,1-3H3,(H,24,27). The molecular weight excluding hydrogens is 368 g/mol. The minimum Gasteiger partial charge on any atom is -0.465 e. The molecule has 6 heteroatoms. The molecule has 0 saturated carbocycles. The third-order valence-electron chi connectivity index (χ3n) is 5.34. The fourth-order valence-corrected chi connectivity index (χ4v) is 3.66. The molecule has 2 aromatic carbocycles. The molecule has 1 aliphatic rings. The second kappa shape index (κ2) is 8.90. The largest absolute Gasteiger partial charge is 0.465 e. The molecule has 3 rings (SSSR count). The van der Waals surface area contributed by atoms with Crippen molar-refractivity contribution in [3.63, 3.8) is 0 Å². The lowest BCUT2D eigenvalue weighted by molar-refractivity contribution is -0.122. The van der Waals surface area contributed by atoms with Crippen LogP contribution < -0.4 is 10.2 Å². The van der Waals surface area contributed by atoms with Gasteiger partial charge in [-0.1, -0.05) is 32.0 Å². The average Bonchev–Trinajstić information content (AvgIpc) is 3.15. The number of rotatable bonds is 6. The van der Waals surface area contributed by atoms with Crippen molar-refractivity contribution >= 4 is 29.2 Å². The number of nitrogens with one attached hydrogen (secondary N) is 1. The molecule has 1 unspecified atom stereocenters. The highest BCUT2D eigenvalue weighted by Crippen LogP contribution is 2.28. The van der Waals surface area contributed by atoms with Crippen LogP contribution in [0.25, 0.3) is 0 Å². The van der Waals surface area contributed by atoms with Gasteiger partial charge >= 0.3 is 5.97 Å². The summed E-state index contributed by atoms with van der Waals surface area (Å²) in [5.41, 5.74) is 4.15. The van der Waals surface area contributed by atoms with Crippen LogP contribution in [0.5, 0.6) is 0 Å². The SMILES string of the molecule is CCc1cccc(CC)c1NC(=O)C1CC(=O)N(c2ccc(C(=O)OC)cc2)C1. The van der Waals surface area contributed by atoms with E-state index in [0.29, 0.717) is 17.8 Å². The Morgan fingerprint density at radius 1 is 1.07 bits per heavy atom. The summed E-state index contributed by atoms with van der Waals surface area (Å²) in [5, 5.41) is 3.07. The minimum atomic E-state index is -0.428. The molecular formula is C23H26N2O4. The maximum atomic E-state index is 12.9. The topological polar surface area (TPSA) is 75.7 Å². The Balaban J connectivity index is 1.73. The van der Waals surface area contributed by atoms with Crippen LogP contribution in [-0.4, -0.2) is 31.4 Å². The van der Waals surface area contributed by atoms with Gasteiger partial charge in [-0.05, 0) is 48.2 Å². The van der Waals surface area contributed by atoms with Crippen LogP contribution in [0.15, 0.2) is 42.5 Å². The molecule has 0 radical (unpaired) electrons. The number of nitrogens with zero attached hydrogens (tertiary/aromatic N) is 1. The van der Waals surface area contributed by atoms with E-state index in [-0.39, 0.29) is 18.2 Å². The Hall–Kier alpha value is -3.15. The molecule has 2 amide bonds. The summed E-state index contributed by atoms with van der Waals surface area (Å²) in [6.45, 7) is 4.43. The Labute approximate surface area is 170 Å². The van der Waals surface area contributed by atoms with Gasteiger partial charge in [0.2, 0.25) is 11.8 Å². The van der Waals surface area contributed by atoms with E-state index < -0.39 is 11.9 Å². The van der Waals surface area contributed by atoms with Crippen LogP contribution in [-0.2, 0) is 27.2 Å². The second-order valence-electron chi connectivity index (χ2n) is 7.09. The quantitative estimate of drug-likeness (QED) is 0.760. The number of hydrogen-bond donors (Lipinski definition) is 1. The van der Waals surface area contributed by atoms with Gasteiger partial charge in [0.1, 0.15) is 0 Å². The molecule has 0 aromatic heterocycles. The first-order chi connectivity index (χ1) is 14.0. The molecule has 1 fully saturated rings. The summed E-state index contributed by atoms with van der Waals surface area (Å²) in [6.07, 6.45) is 1.82. The summed E-state index contributed by atoms with van der Waals surface area (Å²) < 4.78 is 4.69. The first-order valence-electron chi connectivity index (χ1n) is 9.88. The highest BCUT2D eigenvalue weighted by Gasteiger charge is 2.35. The van der Waals surface area contributed by atoms with Crippen molar-refractivity contribution in [3.8, 4) is 0 Å². The first-order valence-corrected chi connectivity index (χ1v) is 9.88. The molecule has 1 atom stereocenters. The van der Waals surface area contributed by atoms with Crippen LogP contribution in [0, 0.1) is 5.92 Å². The van der Waals surface area contributed by atoms with E-state index in [0.717, 1.165) is 29.7 Å². The second-order valence-corrected chi connectivity index (χ2v) is 7.09. The number of hydrogen-bond acceptors (Lipinski definition) is 4. The Morgan fingerprint density at radius 2 is 1.69 bits per heavy atom. The zero-order chi connectivity index (χ0) is 21.0. The van der Waals surface area contributed by atoms with Gasteiger partial charge in [0.15, 0.2) is 0 Å². The smallest absolute Gasteiger partial charge is 0.337 e. The van der Waals surface area contributed by atoms with Crippen molar-refractivity contribution < 1.29 is 19.1 Å². The summed E-state index contributed by atoms with van der Waals surface area (Å²) in [5.74, 6) is -1.08. The molecule has 1 heterocycles. The maximum Gasteiger partial charge on any atom is 0.337 e. The van der Waals surface area contributed by atoms with Gasteiger partial charge < -0.3 is 15.0 Å². The third-order valence-corrected chi connectivity index (χ3v) is 5.34. The molecule has 29 heavy (non-hydrogen) atoms. The van der Waals surface area contributed by atoms with Crippen molar-refractivity contribution in [2.24, 2.45) is 5.92 Å². The van der Waals surface area contributed by atoms with Gasteiger partial charge in [-0.15, -0.1) is 0 Å². The zero-order valence-electron chi connectivity index (χ0n) is 17.0. The van der Waals surface area contributed by atoms with E-state index in [4.69, 9.17) is 4.74 Å². The van der Waals surface area contributed by atoms with Gasteiger partial charge in [0, 0.05) is 24.3 Å². The van der Waals surface area contributed by atoms with Gasteiger partial charge in [-0.25, -0.2) is 4.79 Å². The fourth-order valence-electron chi connectivity index (χ4n) is 3.66. The molecule has 0 aliphatic carbocycles. The maximum absolute atomic E-state index is 12.9. The first kappa shape index (κ1) is 20.6. The molecule has 2 aromatic rings. The molecule has 1 saturated heterocycles. The van der Waals surface area contributed by atoms with E-state index in [1.807, 2.05) is 18.2 Å². The number of benzene rings is 2. The molecule has 6 nitrogen and oxygen atoms in total. The Kier molecular flexibility index (Phi) is 6.32. The highest BCUT2D eigenvalue weighted by molar-refractivity contribution is 6.04.